The van der Waals surface area contributed by atoms with Crippen LogP contribution in [0, 0.1) is 0 Å². The minimum atomic E-state index is -5.90. The van der Waals surface area contributed by atoms with Gasteiger partial charge in [-0.15, -0.1) is 22.0 Å². The van der Waals surface area contributed by atoms with E-state index in [2.05, 4.69) is 14.6 Å². The van der Waals surface area contributed by atoms with Gasteiger partial charge in [-0.2, -0.15) is 18.6 Å². The molecule has 0 amide bonds. The molecule has 5 nitrogen and oxygen atoms in total. The molecule has 0 aliphatic carbocycles. The Morgan fingerprint density at radius 2 is 1.70 bits per heavy atom. The first-order valence-electron chi connectivity index (χ1n) is 4.52. The van der Waals surface area contributed by atoms with Crippen molar-refractivity contribution >= 4 is 6.29 Å². The van der Waals surface area contributed by atoms with Crippen LogP contribution in [0.5, 0.6) is 0 Å². The molecule has 0 aliphatic heterocycles. The highest BCUT2D eigenvalue weighted by molar-refractivity contribution is 5.72. The fourth-order valence-corrected chi connectivity index (χ4v) is 1.06. The number of hydrogen-bond donors (Lipinski definition) is 0. The highest BCUT2D eigenvalue weighted by Gasteiger charge is 2.54. The summed E-state index contributed by atoms with van der Waals surface area (Å²) in [4.78, 5) is 10.2. The third-order valence-corrected chi connectivity index (χ3v) is 1.76. The van der Waals surface area contributed by atoms with Crippen LogP contribution in [0.4, 0.5) is 30.7 Å². The quantitative estimate of drug-likeness (QED) is 0.617. The number of ether oxygens (including phenoxy) is 2. The Kier molecular flexibility index (Phi) is 4.10. The summed E-state index contributed by atoms with van der Waals surface area (Å²) in [6.45, 7) is 0. The highest BCUT2D eigenvalue weighted by atomic mass is 19.4. The molecule has 1 aromatic rings. The van der Waals surface area contributed by atoms with Gasteiger partial charge in [-0.25, -0.2) is 4.74 Å². The maximum atomic E-state index is 13.2. The predicted octanol–water partition coefficient (Wildman–Crippen LogP) is 2.03. The van der Waals surface area contributed by atoms with Gasteiger partial charge in [0.05, 0.1) is 0 Å². The molecule has 0 N–H and O–H groups in total. The Bertz CT molecular complexity index is 497. The fourth-order valence-electron chi connectivity index (χ4n) is 1.06. The van der Waals surface area contributed by atoms with Crippen LogP contribution in [-0.4, -0.2) is 28.7 Å². The number of halogens is 7. The second-order valence-corrected chi connectivity index (χ2v) is 3.27. The molecule has 0 saturated heterocycles. The molecule has 0 aliphatic rings. The van der Waals surface area contributed by atoms with E-state index in [1.54, 1.807) is 0 Å². The molecule has 0 aromatic carbocycles. The van der Waals surface area contributed by atoms with E-state index in [9.17, 15) is 35.5 Å². The van der Waals surface area contributed by atoms with Crippen molar-refractivity contribution < 1.29 is 45.0 Å². The molecule has 0 spiro atoms. The average Bonchev–Trinajstić information content (AvgIpc) is 2.54. The number of aryl methyl sites for hydroxylation is 1. The molecule has 1 heterocycles. The van der Waals surface area contributed by atoms with Crippen molar-refractivity contribution in [1.82, 2.24) is 9.78 Å². The van der Waals surface area contributed by atoms with E-state index in [0.29, 0.717) is 10.7 Å². The standard InChI is InChI=1S/C8H4F7N2O3/c1-17-4(3-18)2-5(16-17)6(9,10)19-8(14,15)20-7(11,12)13/h2H,1H3. The van der Waals surface area contributed by atoms with Gasteiger partial charge in [-0.05, 0) is 6.07 Å². The lowest BCUT2D eigenvalue weighted by molar-refractivity contribution is -0.537. The van der Waals surface area contributed by atoms with E-state index >= 15 is 0 Å². The number of nitrogens with zero attached hydrogens (tertiary/aromatic N) is 2. The second-order valence-electron chi connectivity index (χ2n) is 3.27. The molecule has 113 valence electrons. The van der Waals surface area contributed by atoms with Crippen molar-refractivity contribution in [2.45, 2.75) is 18.8 Å². The zero-order valence-electron chi connectivity index (χ0n) is 9.34. The number of rotatable bonds is 5. The van der Waals surface area contributed by atoms with E-state index in [1.165, 1.54) is 0 Å². The summed E-state index contributed by atoms with van der Waals surface area (Å²) in [5.41, 5.74) is -2.06. The molecule has 0 atom stereocenters. The van der Waals surface area contributed by atoms with Crippen LogP contribution in [0.15, 0.2) is 6.07 Å². The predicted molar refractivity (Wildman–Crippen MR) is 45.1 cm³/mol. The third kappa shape index (κ3) is 4.16. The van der Waals surface area contributed by atoms with Gasteiger partial charge in [-0.3, -0.25) is 9.48 Å². The third-order valence-electron chi connectivity index (χ3n) is 1.76. The zero-order valence-corrected chi connectivity index (χ0v) is 9.34. The van der Waals surface area contributed by atoms with Gasteiger partial charge < -0.3 is 0 Å². The van der Waals surface area contributed by atoms with Crippen molar-refractivity contribution in [2.24, 2.45) is 7.05 Å². The first-order chi connectivity index (χ1) is 8.86. The molecule has 0 saturated carbocycles. The average molecular weight is 309 g/mol. The summed E-state index contributed by atoms with van der Waals surface area (Å²) in [6.07, 6.45) is -15.3. The van der Waals surface area contributed by atoms with E-state index in [0.717, 1.165) is 13.3 Å². The van der Waals surface area contributed by atoms with Crippen molar-refractivity contribution in [1.29, 1.82) is 0 Å². The molecule has 1 aromatic heterocycles. The van der Waals surface area contributed by atoms with Crippen molar-refractivity contribution in [3.63, 3.8) is 0 Å². The van der Waals surface area contributed by atoms with Crippen LogP contribution in [0.3, 0.4) is 0 Å². The Balaban J connectivity index is 2.95. The Morgan fingerprint density at radius 1 is 1.15 bits per heavy atom. The molecule has 1 rings (SSSR count). The number of carbonyl (C=O) groups excluding carboxylic acids is 1. The molecule has 0 unspecified atom stereocenters. The molecular weight excluding hydrogens is 305 g/mol. The van der Waals surface area contributed by atoms with Crippen LogP contribution in [0.2, 0.25) is 0 Å². The summed E-state index contributed by atoms with van der Waals surface area (Å²) in [7, 11) is 1.00. The van der Waals surface area contributed by atoms with Gasteiger partial charge in [0.15, 0.2) is 5.69 Å². The van der Waals surface area contributed by atoms with Gasteiger partial charge in [0.25, 0.3) is 6.29 Å². The van der Waals surface area contributed by atoms with Crippen LogP contribution in [0.1, 0.15) is 11.4 Å². The molecule has 20 heavy (non-hydrogen) atoms. The van der Waals surface area contributed by atoms with Gasteiger partial charge in [0, 0.05) is 7.05 Å². The Hall–Kier alpha value is -1.69. The van der Waals surface area contributed by atoms with E-state index in [-0.39, 0.29) is 0 Å². The van der Waals surface area contributed by atoms with Gasteiger partial charge in [0.1, 0.15) is 5.69 Å². The van der Waals surface area contributed by atoms with E-state index in [4.69, 9.17) is 0 Å². The highest BCUT2D eigenvalue weighted by Crippen LogP contribution is 2.38. The van der Waals surface area contributed by atoms with Gasteiger partial charge in [0.2, 0.25) is 0 Å². The summed E-state index contributed by atoms with van der Waals surface area (Å²) in [5, 5.41) is 2.94. The van der Waals surface area contributed by atoms with Gasteiger partial charge in [-0.1, -0.05) is 0 Å². The lowest BCUT2D eigenvalue weighted by atomic mass is 10.3. The van der Waals surface area contributed by atoms with Crippen LogP contribution in [0.25, 0.3) is 0 Å². The molecule has 0 bridgehead atoms. The largest absolute Gasteiger partial charge is 0.529 e. The number of aromatic nitrogens is 2. The maximum absolute atomic E-state index is 13.2. The maximum Gasteiger partial charge on any atom is 0.529 e. The normalized spacial score (nSPS) is 13.6. The Labute approximate surface area is 105 Å². The summed E-state index contributed by atoms with van der Waals surface area (Å²) in [6, 6.07) is 0.316. The lowest BCUT2D eigenvalue weighted by Gasteiger charge is -2.22. The first kappa shape index (κ1) is 16.4. The summed E-state index contributed by atoms with van der Waals surface area (Å²) >= 11 is 0. The van der Waals surface area contributed by atoms with E-state index in [1.807, 2.05) is 0 Å². The SMILES string of the molecule is Cn1nc(C(F)(F)OC(F)(F)OC(F)(F)F)cc1[C]=O. The fraction of sp³-hybridized carbons (Fsp3) is 0.500. The summed E-state index contributed by atoms with van der Waals surface area (Å²) < 4.78 is 91.5. The van der Waals surface area contributed by atoms with Crippen molar-refractivity contribution in [3.05, 3.63) is 17.5 Å². The molecule has 12 heteroatoms. The molecule has 0 fully saturated rings. The van der Waals surface area contributed by atoms with Crippen molar-refractivity contribution in [3.8, 4) is 0 Å². The summed E-state index contributed by atoms with van der Waals surface area (Å²) in [5.74, 6) is 0. The second kappa shape index (κ2) is 5.01. The zero-order chi connectivity index (χ0) is 15.8. The van der Waals surface area contributed by atoms with Crippen LogP contribution in [-0.2, 0) is 27.4 Å². The van der Waals surface area contributed by atoms with Crippen LogP contribution < -0.4 is 0 Å². The minimum absolute atomic E-state index is 0.316. The number of alkyl halides is 7. The molecular formula is C8H4F7N2O3. The lowest BCUT2D eigenvalue weighted by Crippen LogP contribution is -2.38. The van der Waals surface area contributed by atoms with Crippen molar-refractivity contribution in [2.75, 3.05) is 0 Å². The van der Waals surface area contributed by atoms with E-state index < -0.39 is 30.2 Å². The Morgan fingerprint density at radius 3 is 2.10 bits per heavy atom. The first-order valence-corrected chi connectivity index (χ1v) is 4.52. The van der Waals surface area contributed by atoms with Gasteiger partial charge >= 0.3 is 18.8 Å². The minimum Gasteiger partial charge on any atom is -0.283 e. The topological polar surface area (TPSA) is 53.4 Å². The number of hydrogen-bond acceptors (Lipinski definition) is 4. The monoisotopic (exact) mass is 309 g/mol. The van der Waals surface area contributed by atoms with Crippen LogP contribution >= 0.6 is 0 Å². The smallest absolute Gasteiger partial charge is 0.283 e. The molecule has 1 radical (unpaired) electrons.